The summed E-state index contributed by atoms with van der Waals surface area (Å²) in [5.41, 5.74) is 2.18. The lowest BCUT2D eigenvalue weighted by molar-refractivity contribution is -0.142. The Hall–Kier alpha value is -1.57. The summed E-state index contributed by atoms with van der Waals surface area (Å²) in [6.45, 7) is 5.70. The Bertz CT molecular complexity index is 369. The maximum atomic E-state index is 11.7. The van der Waals surface area contributed by atoms with E-state index >= 15 is 0 Å². The first-order valence-electron chi connectivity index (χ1n) is 5.44. The predicted molar refractivity (Wildman–Crippen MR) is 65.4 cm³/mol. The lowest BCUT2D eigenvalue weighted by atomic mass is 9.93. The van der Waals surface area contributed by atoms with E-state index in [4.69, 9.17) is 4.74 Å². The summed E-state index contributed by atoms with van der Waals surface area (Å²) in [6.07, 6.45) is 3.39. The largest absolute Gasteiger partial charge is 0.469 e. The van der Waals surface area contributed by atoms with Crippen molar-refractivity contribution in [1.29, 1.82) is 0 Å². The standard InChI is InChI=1S/C14H18O2/c1-4-5-9-13(14(15)16-3)12-8-6-7-11(2)10-12/h4,6-8,10,13H,1,5,9H2,2-3H3. The molecule has 1 atom stereocenters. The summed E-state index contributed by atoms with van der Waals surface area (Å²) in [7, 11) is 1.43. The second-order valence-electron chi connectivity index (χ2n) is 3.86. The van der Waals surface area contributed by atoms with Gasteiger partial charge in [-0.25, -0.2) is 0 Å². The monoisotopic (exact) mass is 218 g/mol. The van der Waals surface area contributed by atoms with Gasteiger partial charge >= 0.3 is 5.97 Å². The van der Waals surface area contributed by atoms with Crippen molar-refractivity contribution in [3.63, 3.8) is 0 Å². The molecule has 0 bridgehead atoms. The number of allylic oxidation sites excluding steroid dienone is 1. The maximum Gasteiger partial charge on any atom is 0.313 e. The van der Waals surface area contributed by atoms with Gasteiger partial charge in [0.25, 0.3) is 0 Å². The van der Waals surface area contributed by atoms with E-state index in [2.05, 4.69) is 6.58 Å². The van der Waals surface area contributed by atoms with Crippen molar-refractivity contribution >= 4 is 5.97 Å². The van der Waals surface area contributed by atoms with Crippen molar-refractivity contribution in [2.45, 2.75) is 25.7 Å². The molecule has 86 valence electrons. The minimum atomic E-state index is -0.178. The number of methoxy groups -OCH3 is 1. The Morgan fingerprint density at radius 1 is 1.56 bits per heavy atom. The third kappa shape index (κ3) is 3.23. The smallest absolute Gasteiger partial charge is 0.313 e. The van der Waals surface area contributed by atoms with Gasteiger partial charge in [-0.2, -0.15) is 0 Å². The number of aryl methyl sites for hydroxylation is 1. The topological polar surface area (TPSA) is 26.3 Å². The number of hydrogen-bond donors (Lipinski definition) is 0. The maximum absolute atomic E-state index is 11.7. The summed E-state index contributed by atoms with van der Waals surface area (Å²) in [6, 6.07) is 7.99. The first-order valence-corrected chi connectivity index (χ1v) is 5.44. The average molecular weight is 218 g/mol. The molecule has 0 radical (unpaired) electrons. The molecule has 2 heteroatoms. The Balaban J connectivity index is 2.91. The zero-order valence-electron chi connectivity index (χ0n) is 9.90. The SMILES string of the molecule is C=CCCC(C(=O)OC)c1cccc(C)c1. The average Bonchev–Trinajstić information content (AvgIpc) is 2.29. The fraction of sp³-hybridized carbons (Fsp3) is 0.357. The first kappa shape index (κ1) is 12.5. The predicted octanol–water partition coefficient (Wildman–Crippen LogP) is 3.22. The number of hydrogen-bond acceptors (Lipinski definition) is 2. The molecule has 1 unspecified atom stereocenters. The van der Waals surface area contributed by atoms with Gasteiger partial charge in [-0.15, -0.1) is 6.58 Å². The molecular weight excluding hydrogens is 200 g/mol. The van der Waals surface area contributed by atoms with Gasteiger partial charge in [0.15, 0.2) is 0 Å². The van der Waals surface area contributed by atoms with Crippen molar-refractivity contribution in [3.05, 3.63) is 48.0 Å². The normalized spacial score (nSPS) is 11.9. The van der Waals surface area contributed by atoms with Crippen LogP contribution in [0.3, 0.4) is 0 Å². The molecule has 16 heavy (non-hydrogen) atoms. The minimum Gasteiger partial charge on any atom is -0.469 e. The minimum absolute atomic E-state index is 0.174. The second kappa shape index (κ2) is 6.11. The Kier molecular flexibility index (Phi) is 4.77. The van der Waals surface area contributed by atoms with Crippen LogP contribution in [0.2, 0.25) is 0 Å². The zero-order valence-corrected chi connectivity index (χ0v) is 9.90. The van der Waals surface area contributed by atoms with Crippen molar-refractivity contribution in [2.75, 3.05) is 7.11 Å². The molecule has 0 aromatic heterocycles. The van der Waals surface area contributed by atoms with Crippen molar-refractivity contribution in [1.82, 2.24) is 0 Å². The highest BCUT2D eigenvalue weighted by Gasteiger charge is 2.20. The summed E-state index contributed by atoms with van der Waals surface area (Å²) >= 11 is 0. The summed E-state index contributed by atoms with van der Waals surface area (Å²) in [4.78, 5) is 11.7. The van der Waals surface area contributed by atoms with Gasteiger partial charge in [-0.3, -0.25) is 4.79 Å². The fourth-order valence-corrected chi connectivity index (χ4v) is 1.73. The number of benzene rings is 1. The Morgan fingerprint density at radius 2 is 2.31 bits per heavy atom. The highest BCUT2D eigenvalue weighted by atomic mass is 16.5. The molecule has 1 aromatic rings. The van der Waals surface area contributed by atoms with Crippen LogP contribution in [0.4, 0.5) is 0 Å². The highest BCUT2D eigenvalue weighted by molar-refractivity contribution is 5.78. The first-order chi connectivity index (χ1) is 7.69. The fourth-order valence-electron chi connectivity index (χ4n) is 1.73. The van der Waals surface area contributed by atoms with Crippen LogP contribution in [-0.4, -0.2) is 13.1 Å². The van der Waals surface area contributed by atoms with E-state index in [1.165, 1.54) is 7.11 Å². The van der Waals surface area contributed by atoms with E-state index in [0.29, 0.717) is 0 Å². The van der Waals surface area contributed by atoms with Gasteiger partial charge in [-0.05, 0) is 25.3 Å². The number of ether oxygens (including phenoxy) is 1. The molecule has 0 aliphatic rings. The van der Waals surface area contributed by atoms with Crippen LogP contribution in [0.25, 0.3) is 0 Å². The molecule has 0 saturated heterocycles. The molecule has 2 nitrogen and oxygen atoms in total. The molecule has 0 aliphatic carbocycles. The van der Waals surface area contributed by atoms with Crippen LogP contribution in [0.1, 0.15) is 29.9 Å². The van der Waals surface area contributed by atoms with Gasteiger partial charge in [-0.1, -0.05) is 35.9 Å². The van der Waals surface area contributed by atoms with Crippen LogP contribution >= 0.6 is 0 Å². The number of carbonyl (C=O) groups excluding carboxylic acids is 1. The molecule has 0 amide bonds. The summed E-state index contributed by atoms with van der Waals surface area (Å²) in [5.74, 6) is -0.352. The van der Waals surface area contributed by atoms with E-state index < -0.39 is 0 Å². The molecule has 0 N–H and O–H groups in total. The van der Waals surface area contributed by atoms with Gasteiger partial charge in [0.05, 0.1) is 13.0 Å². The molecular formula is C14H18O2. The molecule has 0 saturated carbocycles. The van der Waals surface area contributed by atoms with Crippen LogP contribution < -0.4 is 0 Å². The van der Waals surface area contributed by atoms with E-state index in [9.17, 15) is 4.79 Å². The van der Waals surface area contributed by atoms with Crippen LogP contribution in [0.15, 0.2) is 36.9 Å². The second-order valence-corrected chi connectivity index (χ2v) is 3.86. The van der Waals surface area contributed by atoms with E-state index in [0.717, 1.165) is 24.0 Å². The summed E-state index contributed by atoms with van der Waals surface area (Å²) in [5, 5.41) is 0. The van der Waals surface area contributed by atoms with E-state index in [-0.39, 0.29) is 11.9 Å². The number of carbonyl (C=O) groups is 1. The quantitative estimate of drug-likeness (QED) is 0.560. The third-order valence-corrected chi connectivity index (χ3v) is 2.59. The molecule has 0 fully saturated rings. The molecule has 0 heterocycles. The number of rotatable bonds is 5. The van der Waals surface area contributed by atoms with Crippen LogP contribution in [0, 0.1) is 6.92 Å². The van der Waals surface area contributed by atoms with Gasteiger partial charge in [0, 0.05) is 0 Å². The molecule has 1 aromatic carbocycles. The van der Waals surface area contributed by atoms with Gasteiger partial charge in [0.1, 0.15) is 0 Å². The van der Waals surface area contributed by atoms with Gasteiger partial charge in [0.2, 0.25) is 0 Å². The molecule has 0 aliphatic heterocycles. The van der Waals surface area contributed by atoms with E-state index in [1.54, 1.807) is 0 Å². The Labute approximate surface area is 96.9 Å². The summed E-state index contributed by atoms with van der Waals surface area (Å²) < 4.78 is 4.83. The van der Waals surface area contributed by atoms with Gasteiger partial charge < -0.3 is 4.74 Å². The zero-order chi connectivity index (χ0) is 12.0. The lowest BCUT2D eigenvalue weighted by Gasteiger charge is -2.14. The lowest BCUT2D eigenvalue weighted by Crippen LogP contribution is -2.14. The van der Waals surface area contributed by atoms with Crippen molar-refractivity contribution in [3.8, 4) is 0 Å². The third-order valence-electron chi connectivity index (χ3n) is 2.59. The van der Waals surface area contributed by atoms with Crippen LogP contribution in [0.5, 0.6) is 0 Å². The van der Waals surface area contributed by atoms with Crippen molar-refractivity contribution < 1.29 is 9.53 Å². The van der Waals surface area contributed by atoms with Crippen LogP contribution in [-0.2, 0) is 9.53 Å². The van der Waals surface area contributed by atoms with E-state index in [1.807, 2.05) is 37.3 Å². The number of esters is 1. The van der Waals surface area contributed by atoms with Crippen molar-refractivity contribution in [2.24, 2.45) is 0 Å². The molecule has 1 rings (SSSR count). The molecule has 0 spiro atoms. The Morgan fingerprint density at radius 3 is 2.88 bits per heavy atom. The highest BCUT2D eigenvalue weighted by Crippen LogP contribution is 2.23.